The highest BCUT2D eigenvalue weighted by Gasteiger charge is 2.16. The second kappa shape index (κ2) is 5.30. The van der Waals surface area contributed by atoms with Crippen LogP contribution in [0.5, 0.6) is 0 Å². The number of primary amides is 2. The summed E-state index contributed by atoms with van der Waals surface area (Å²) in [4.78, 5) is 33.8. The van der Waals surface area contributed by atoms with E-state index < -0.39 is 17.8 Å². The van der Waals surface area contributed by atoms with Crippen molar-refractivity contribution in [3.05, 3.63) is 17.0 Å². The molecule has 1 rings (SSSR count). The zero-order valence-electron chi connectivity index (χ0n) is 8.75. The van der Waals surface area contributed by atoms with Crippen LogP contribution in [0.15, 0.2) is 12.1 Å². The van der Waals surface area contributed by atoms with Gasteiger partial charge in [-0.05, 0) is 12.1 Å². The third kappa shape index (κ3) is 3.76. The van der Waals surface area contributed by atoms with Gasteiger partial charge in [-0.1, -0.05) is 0 Å². The van der Waals surface area contributed by atoms with E-state index in [1.807, 2.05) is 0 Å². The Labute approximate surface area is 101 Å². The summed E-state index contributed by atoms with van der Waals surface area (Å²) in [5.74, 6) is -2.33. The fourth-order valence-electron chi connectivity index (χ4n) is 1.20. The molecule has 7 nitrogen and oxygen atoms in total. The first kappa shape index (κ1) is 13.0. The van der Waals surface area contributed by atoms with E-state index in [0.29, 0.717) is 5.00 Å². The number of hydrogen-bond donors (Lipinski definition) is 3. The fraction of sp³-hybridized carbons (Fsp3) is 0.222. The predicted molar refractivity (Wildman–Crippen MR) is 61.9 cm³/mol. The molecule has 0 bridgehead atoms. The van der Waals surface area contributed by atoms with E-state index in [4.69, 9.17) is 16.6 Å². The molecule has 1 aromatic heterocycles. The van der Waals surface area contributed by atoms with Gasteiger partial charge in [-0.25, -0.2) is 4.79 Å². The molecule has 0 aliphatic carbocycles. The molecule has 2 amide bonds. The van der Waals surface area contributed by atoms with Crippen molar-refractivity contribution in [1.29, 1.82) is 0 Å². The zero-order chi connectivity index (χ0) is 13.0. The molecular formula is C9H11N3O4S. The summed E-state index contributed by atoms with van der Waals surface area (Å²) in [7, 11) is 0. The molecule has 1 aromatic rings. The normalized spacial score (nSPS) is 9.88. The lowest BCUT2D eigenvalue weighted by atomic mass is 10.4. The summed E-state index contributed by atoms with van der Waals surface area (Å²) in [6, 6.07) is 2.89. The monoisotopic (exact) mass is 257 g/mol. The number of anilines is 1. The van der Waals surface area contributed by atoms with Crippen LogP contribution in [0.4, 0.5) is 5.00 Å². The molecule has 0 fully saturated rings. The van der Waals surface area contributed by atoms with E-state index in [1.54, 1.807) is 0 Å². The summed E-state index contributed by atoms with van der Waals surface area (Å²) < 4.78 is 0. The third-order valence-corrected chi connectivity index (χ3v) is 2.94. The van der Waals surface area contributed by atoms with Crippen LogP contribution in [-0.2, 0) is 9.59 Å². The molecule has 0 spiro atoms. The second-order valence-corrected chi connectivity index (χ2v) is 4.29. The maximum atomic E-state index is 10.8. The van der Waals surface area contributed by atoms with Crippen LogP contribution < -0.4 is 16.4 Å². The minimum absolute atomic E-state index is 0.110. The molecule has 0 radical (unpaired) electrons. The number of carboxylic acid groups (broad SMARTS) is 1. The molecule has 0 aliphatic heterocycles. The molecule has 0 unspecified atom stereocenters. The maximum absolute atomic E-state index is 10.8. The van der Waals surface area contributed by atoms with Crippen molar-refractivity contribution in [3.8, 4) is 0 Å². The summed E-state index contributed by atoms with van der Waals surface area (Å²) >= 11 is 0.944. The molecule has 1 heterocycles. The maximum Gasteiger partial charge on any atom is 0.345 e. The van der Waals surface area contributed by atoms with Crippen molar-refractivity contribution >= 4 is 34.1 Å². The number of carboxylic acids is 1. The highest BCUT2D eigenvalue weighted by Crippen LogP contribution is 2.25. The van der Waals surface area contributed by atoms with E-state index in [9.17, 15) is 14.4 Å². The number of aromatic carboxylic acids is 1. The number of rotatable bonds is 6. The van der Waals surface area contributed by atoms with Gasteiger partial charge in [-0.2, -0.15) is 0 Å². The molecule has 0 aliphatic rings. The predicted octanol–water partition coefficient (Wildman–Crippen LogP) is -0.777. The number of carbonyl (C=O) groups is 3. The average Bonchev–Trinajstić information content (AvgIpc) is 2.63. The van der Waals surface area contributed by atoms with Crippen molar-refractivity contribution in [2.45, 2.75) is 0 Å². The SMILES string of the molecule is NC(=O)CN(CC(N)=O)c1ccc(C(=O)O)s1. The van der Waals surface area contributed by atoms with Gasteiger partial charge < -0.3 is 21.5 Å². The number of thiophene rings is 1. The first-order valence-electron chi connectivity index (χ1n) is 4.55. The van der Waals surface area contributed by atoms with Crippen LogP contribution in [-0.4, -0.2) is 36.0 Å². The Morgan fingerprint density at radius 1 is 1.18 bits per heavy atom. The highest BCUT2D eigenvalue weighted by molar-refractivity contribution is 7.17. The Morgan fingerprint density at radius 2 is 1.71 bits per heavy atom. The molecule has 0 aromatic carbocycles. The van der Waals surface area contributed by atoms with Crippen molar-refractivity contribution in [1.82, 2.24) is 0 Å². The quantitative estimate of drug-likeness (QED) is 0.616. The molecule has 92 valence electrons. The number of amides is 2. The number of nitrogens with two attached hydrogens (primary N) is 2. The molecule has 17 heavy (non-hydrogen) atoms. The Bertz CT molecular complexity index is 441. The Balaban J connectivity index is 2.90. The third-order valence-electron chi connectivity index (χ3n) is 1.81. The smallest absolute Gasteiger partial charge is 0.345 e. The lowest BCUT2D eigenvalue weighted by molar-refractivity contribution is -0.117. The van der Waals surface area contributed by atoms with E-state index in [1.165, 1.54) is 17.0 Å². The number of carbonyl (C=O) groups excluding carboxylic acids is 2. The van der Waals surface area contributed by atoms with Gasteiger partial charge in [0.05, 0.1) is 18.1 Å². The molecule has 5 N–H and O–H groups in total. The van der Waals surface area contributed by atoms with Crippen LogP contribution in [0.3, 0.4) is 0 Å². The average molecular weight is 257 g/mol. The fourth-order valence-corrected chi connectivity index (χ4v) is 2.04. The van der Waals surface area contributed by atoms with Crippen molar-refractivity contribution < 1.29 is 19.5 Å². The Morgan fingerprint density at radius 3 is 2.06 bits per heavy atom. The van der Waals surface area contributed by atoms with Crippen molar-refractivity contribution in [3.63, 3.8) is 0 Å². The van der Waals surface area contributed by atoms with Gasteiger partial charge in [-0.15, -0.1) is 11.3 Å². The van der Waals surface area contributed by atoms with Gasteiger partial charge in [0.1, 0.15) is 4.88 Å². The molecule has 0 saturated heterocycles. The van der Waals surface area contributed by atoms with Crippen molar-refractivity contribution in [2.75, 3.05) is 18.0 Å². The van der Waals surface area contributed by atoms with Gasteiger partial charge in [0.15, 0.2) is 0 Å². The van der Waals surface area contributed by atoms with Crippen LogP contribution in [0.1, 0.15) is 9.67 Å². The summed E-state index contributed by atoms with van der Waals surface area (Å²) in [6.07, 6.45) is 0. The first-order valence-corrected chi connectivity index (χ1v) is 5.36. The lowest BCUT2D eigenvalue weighted by Gasteiger charge is -2.19. The molecular weight excluding hydrogens is 246 g/mol. The number of nitrogens with zero attached hydrogens (tertiary/aromatic N) is 1. The van der Waals surface area contributed by atoms with E-state index in [2.05, 4.69) is 0 Å². The van der Waals surface area contributed by atoms with E-state index in [0.717, 1.165) is 11.3 Å². The summed E-state index contributed by atoms with van der Waals surface area (Å²) in [6.45, 7) is -0.384. The standard InChI is InChI=1S/C9H11N3O4S/c10-6(13)3-12(4-7(11)14)8-2-1-5(17-8)9(15)16/h1-2H,3-4H2,(H2,10,13)(H2,11,14)(H,15,16). The topological polar surface area (TPSA) is 127 Å². The van der Waals surface area contributed by atoms with Gasteiger partial charge >= 0.3 is 5.97 Å². The van der Waals surface area contributed by atoms with Crippen LogP contribution in [0, 0.1) is 0 Å². The highest BCUT2D eigenvalue weighted by atomic mass is 32.1. The molecule has 8 heteroatoms. The number of hydrogen-bond acceptors (Lipinski definition) is 5. The van der Waals surface area contributed by atoms with Crippen LogP contribution in [0.2, 0.25) is 0 Å². The van der Waals surface area contributed by atoms with Crippen LogP contribution in [0.25, 0.3) is 0 Å². The first-order chi connectivity index (χ1) is 7.90. The lowest BCUT2D eigenvalue weighted by Crippen LogP contribution is -2.39. The second-order valence-electron chi connectivity index (χ2n) is 3.23. The minimum Gasteiger partial charge on any atom is -0.477 e. The van der Waals surface area contributed by atoms with E-state index in [-0.39, 0.29) is 18.0 Å². The largest absolute Gasteiger partial charge is 0.477 e. The van der Waals surface area contributed by atoms with Crippen molar-refractivity contribution in [2.24, 2.45) is 11.5 Å². The Hall–Kier alpha value is -2.09. The minimum atomic E-state index is -1.07. The summed E-state index contributed by atoms with van der Waals surface area (Å²) in [5, 5.41) is 9.21. The van der Waals surface area contributed by atoms with Gasteiger partial charge in [0.25, 0.3) is 0 Å². The van der Waals surface area contributed by atoms with Gasteiger partial charge in [0, 0.05) is 0 Å². The molecule has 0 saturated carbocycles. The van der Waals surface area contributed by atoms with E-state index >= 15 is 0 Å². The Kier molecular flexibility index (Phi) is 4.05. The van der Waals surface area contributed by atoms with Gasteiger partial charge in [-0.3, -0.25) is 9.59 Å². The van der Waals surface area contributed by atoms with Crippen LogP contribution >= 0.6 is 11.3 Å². The zero-order valence-corrected chi connectivity index (χ0v) is 9.57. The molecule has 0 atom stereocenters. The summed E-state index contributed by atoms with van der Waals surface area (Å²) in [5.41, 5.74) is 10.1. The van der Waals surface area contributed by atoms with Gasteiger partial charge in [0.2, 0.25) is 11.8 Å².